The first-order chi connectivity index (χ1) is 6.73. The minimum absolute atomic E-state index is 0.435. The number of rotatable bonds is 0. The van der Waals surface area contributed by atoms with Crippen molar-refractivity contribution in [2.45, 2.75) is 39.5 Å². The fourth-order valence-corrected chi connectivity index (χ4v) is 4.06. The molecule has 14 heavy (non-hydrogen) atoms. The van der Waals surface area contributed by atoms with Gasteiger partial charge in [-0.25, -0.2) is 0 Å². The zero-order valence-electron chi connectivity index (χ0n) is 9.14. The summed E-state index contributed by atoms with van der Waals surface area (Å²) in [5.74, 6) is 0. The average molecular weight is 186 g/mol. The Morgan fingerprint density at radius 1 is 0.857 bits per heavy atom. The lowest BCUT2D eigenvalue weighted by molar-refractivity contribution is 0.0976. The first-order valence-corrected chi connectivity index (χ1v) is 5.78. The Kier molecular flexibility index (Phi) is 1.47. The van der Waals surface area contributed by atoms with Gasteiger partial charge in [-0.05, 0) is 26.7 Å². The maximum absolute atomic E-state index is 2.47. The molecule has 0 aromatic rings. The predicted octanol–water partition coefficient (Wildman–Crippen LogP) is 4.01. The van der Waals surface area contributed by atoms with E-state index in [0.717, 1.165) is 0 Å². The van der Waals surface area contributed by atoms with Crippen molar-refractivity contribution >= 4 is 0 Å². The summed E-state index contributed by atoms with van der Waals surface area (Å²) >= 11 is 0. The van der Waals surface area contributed by atoms with Crippen LogP contribution in [0.3, 0.4) is 0 Å². The topological polar surface area (TPSA) is 0 Å². The fraction of sp³-hybridized carbons (Fsp3) is 0.571. The van der Waals surface area contributed by atoms with E-state index >= 15 is 0 Å². The van der Waals surface area contributed by atoms with Crippen LogP contribution >= 0.6 is 0 Å². The second-order valence-electron chi connectivity index (χ2n) is 5.12. The largest absolute Gasteiger partial charge is 0.0731 e. The van der Waals surface area contributed by atoms with Gasteiger partial charge in [0.1, 0.15) is 0 Å². The van der Waals surface area contributed by atoms with Crippen molar-refractivity contribution in [1.82, 2.24) is 0 Å². The third-order valence-corrected chi connectivity index (χ3v) is 4.96. The Hall–Kier alpha value is -0.780. The van der Waals surface area contributed by atoms with E-state index in [-0.39, 0.29) is 0 Å². The smallest absolute Gasteiger partial charge is 0.0222 e. The quantitative estimate of drug-likeness (QED) is 0.501. The highest BCUT2D eigenvalue weighted by Crippen LogP contribution is 2.69. The van der Waals surface area contributed by atoms with Gasteiger partial charge in [-0.1, -0.05) is 48.3 Å². The van der Waals surface area contributed by atoms with Gasteiger partial charge in [0.25, 0.3) is 0 Å². The molecule has 3 aliphatic rings. The molecule has 0 heterocycles. The lowest BCUT2D eigenvalue weighted by Gasteiger charge is -2.62. The van der Waals surface area contributed by atoms with Gasteiger partial charge >= 0.3 is 0 Å². The molecular formula is C14H18. The lowest BCUT2D eigenvalue weighted by Crippen LogP contribution is -2.53. The van der Waals surface area contributed by atoms with Crippen LogP contribution in [0, 0.1) is 10.8 Å². The van der Waals surface area contributed by atoms with Crippen molar-refractivity contribution in [3.05, 3.63) is 35.5 Å². The SMILES string of the molecule is CC1=C(C)[C@]23C=CC=C[C@@]12CCCC3. The maximum Gasteiger partial charge on any atom is 0.0222 e. The molecule has 0 aliphatic heterocycles. The zero-order valence-corrected chi connectivity index (χ0v) is 9.14. The highest BCUT2D eigenvalue weighted by atomic mass is 14.6. The molecular weight excluding hydrogens is 168 g/mol. The molecule has 0 amide bonds. The highest BCUT2D eigenvalue weighted by Gasteiger charge is 2.59. The molecule has 0 N–H and O–H groups in total. The summed E-state index contributed by atoms with van der Waals surface area (Å²) in [7, 11) is 0. The molecule has 0 radical (unpaired) electrons. The maximum atomic E-state index is 2.47. The van der Waals surface area contributed by atoms with E-state index < -0.39 is 0 Å². The van der Waals surface area contributed by atoms with Crippen LogP contribution in [0.1, 0.15) is 39.5 Å². The molecule has 3 rings (SSSR count). The van der Waals surface area contributed by atoms with Crippen LogP contribution in [0.2, 0.25) is 0 Å². The lowest BCUT2D eigenvalue weighted by atomic mass is 9.41. The first-order valence-electron chi connectivity index (χ1n) is 5.78. The number of hydrogen-bond acceptors (Lipinski definition) is 0. The molecule has 0 heteroatoms. The van der Waals surface area contributed by atoms with Crippen molar-refractivity contribution in [3.63, 3.8) is 0 Å². The first kappa shape index (κ1) is 8.52. The monoisotopic (exact) mass is 186 g/mol. The molecule has 3 aliphatic carbocycles. The van der Waals surface area contributed by atoms with E-state index in [0.29, 0.717) is 10.8 Å². The minimum atomic E-state index is 0.435. The summed E-state index contributed by atoms with van der Waals surface area (Å²) in [5, 5.41) is 0. The van der Waals surface area contributed by atoms with Gasteiger partial charge in [0, 0.05) is 10.8 Å². The van der Waals surface area contributed by atoms with E-state index in [1.54, 1.807) is 11.1 Å². The van der Waals surface area contributed by atoms with Crippen LogP contribution in [0.15, 0.2) is 35.5 Å². The summed E-state index contributed by atoms with van der Waals surface area (Å²) in [6, 6.07) is 0. The third-order valence-electron chi connectivity index (χ3n) is 4.96. The van der Waals surface area contributed by atoms with Crippen molar-refractivity contribution in [1.29, 1.82) is 0 Å². The fourth-order valence-electron chi connectivity index (χ4n) is 4.06. The van der Waals surface area contributed by atoms with E-state index in [1.807, 2.05) is 0 Å². The van der Waals surface area contributed by atoms with Crippen LogP contribution in [0.4, 0.5) is 0 Å². The number of hydrogen-bond donors (Lipinski definition) is 0. The normalized spacial score (nSPS) is 44.4. The van der Waals surface area contributed by atoms with Crippen molar-refractivity contribution in [2.75, 3.05) is 0 Å². The Bertz CT molecular complexity index is 333. The molecule has 0 spiro atoms. The molecule has 0 unspecified atom stereocenters. The van der Waals surface area contributed by atoms with Crippen LogP contribution < -0.4 is 0 Å². The summed E-state index contributed by atoms with van der Waals surface area (Å²) in [4.78, 5) is 0. The summed E-state index contributed by atoms with van der Waals surface area (Å²) in [5.41, 5.74) is 4.17. The molecule has 1 saturated carbocycles. The van der Waals surface area contributed by atoms with Crippen molar-refractivity contribution in [3.8, 4) is 0 Å². The van der Waals surface area contributed by atoms with Gasteiger partial charge in [-0.15, -0.1) is 0 Å². The molecule has 0 nitrogen and oxygen atoms in total. The van der Waals surface area contributed by atoms with Gasteiger partial charge in [0.2, 0.25) is 0 Å². The Morgan fingerprint density at radius 2 is 1.29 bits per heavy atom. The summed E-state index contributed by atoms with van der Waals surface area (Å²) in [6.45, 7) is 4.67. The highest BCUT2D eigenvalue weighted by molar-refractivity contribution is 5.53. The van der Waals surface area contributed by atoms with Crippen LogP contribution in [0.25, 0.3) is 0 Å². The van der Waals surface area contributed by atoms with Crippen molar-refractivity contribution in [2.24, 2.45) is 10.8 Å². The summed E-state index contributed by atoms with van der Waals surface area (Å²) < 4.78 is 0. The van der Waals surface area contributed by atoms with Gasteiger partial charge < -0.3 is 0 Å². The van der Waals surface area contributed by atoms with Gasteiger partial charge in [0.05, 0.1) is 0 Å². The van der Waals surface area contributed by atoms with E-state index in [2.05, 4.69) is 38.2 Å². The molecule has 0 saturated heterocycles. The van der Waals surface area contributed by atoms with E-state index in [9.17, 15) is 0 Å². The Balaban J connectivity index is 2.20. The minimum Gasteiger partial charge on any atom is -0.0731 e. The van der Waals surface area contributed by atoms with Gasteiger partial charge in [0.15, 0.2) is 0 Å². The predicted molar refractivity (Wildman–Crippen MR) is 60.0 cm³/mol. The Labute approximate surface area is 86.4 Å². The summed E-state index contributed by atoms with van der Waals surface area (Å²) in [6.07, 6.45) is 15.0. The molecule has 74 valence electrons. The molecule has 0 aromatic heterocycles. The molecule has 0 bridgehead atoms. The second-order valence-corrected chi connectivity index (χ2v) is 5.12. The zero-order chi connectivity index (χ0) is 9.81. The third kappa shape index (κ3) is 0.657. The van der Waals surface area contributed by atoms with Crippen LogP contribution in [-0.4, -0.2) is 0 Å². The van der Waals surface area contributed by atoms with Crippen LogP contribution in [0.5, 0.6) is 0 Å². The van der Waals surface area contributed by atoms with Crippen LogP contribution in [-0.2, 0) is 0 Å². The number of allylic oxidation sites excluding steroid dienone is 6. The Morgan fingerprint density at radius 3 is 1.71 bits per heavy atom. The van der Waals surface area contributed by atoms with E-state index in [1.165, 1.54) is 25.7 Å². The van der Waals surface area contributed by atoms with Crippen molar-refractivity contribution < 1.29 is 0 Å². The van der Waals surface area contributed by atoms with Gasteiger partial charge in [-0.2, -0.15) is 0 Å². The van der Waals surface area contributed by atoms with Gasteiger partial charge in [-0.3, -0.25) is 0 Å². The molecule has 0 aromatic carbocycles. The molecule has 2 atom stereocenters. The average Bonchev–Trinajstić information content (AvgIpc) is 2.26. The molecule has 1 fully saturated rings. The standard InChI is InChI=1S/C14H18/c1-11-12(2)14-9-5-3-7-13(11,14)8-4-6-10-14/h3,5,7,9H,4,6,8,10H2,1-2H3/t13-,14-/m1/s1. The van der Waals surface area contributed by atoms with E-state index in [4.69, 9.17) is 0 Å². The second kappa shape index (κ2) is 2.42.